The number of fused-ring (bicyclic) bond motifs is 1. The van der Waals surface area contributed by atoms with Gasteiger partial charge in [0.05, 0.1) is 31.0 Å². The summed E-state index contributed by atoms with van der Waals surface area (Å²) < 4.78 is 50.2. The molecule has 1 saturated heterocycles. The fourth-order valence-electron chi connectivity index (χ4n) is 5.01. The Morgan fingerprint density at radius 2 is 1.70 bits per heavy atom. The molecule has 194 valence electrons. The lowest BCUT2D eigenvalue weighted by Gasteiger charge is -2.36. The number of benzene rings is 2. The number of carbonyl (C=O) groups excluding carboxylic acids is 1. The molecule has 2 heterocycles. The van der Waals surface area contributed by atoms with E-state index in [4.69, 9.17) is 14.5 Å². The van der Waals surface area contributed by atoms with E-state index >= 15 is 0 Å². The van der Waals surface area contributed by atoms with Crippen LogP contribution in [0.25, 0.3) is 0 Å². The van der Waals surface area contributed by atoms with Crippen molar-refractivity contribution in [2.75, 3.05) is 50.2 Å². The van der Waals surface area contributed by atoms with Gasteiger partial charge in [0.1, 0.15) is 11.5 Å². The van der Waals surface area contributed by atoms with Gasteiger partial charge >= 0.3 is 6.18 Å². The molecule has 0 unspecified atom stereocenters. The number of ether oxygens (including phenoxy) is 2. The van der Waals surface area contributed by atoms with Crippen molar-refractivity contribution < 1.29 is 27.4 Å². The highest BCUT2D eigenvalue weighted by molar-refractivity contribution is 5.98. The molecular weight excluding hydrogens is 485 g/mol. The summed E-state index contributed by atoms with van der Waals surface area (Å²) in [6.45, 7) is 2.18. The Morgan fingerprint density at radius 1 is 0.946 bits per heavy atom. The zero-order chi connectivity index (χ0) is 26.2. The molecule has 3 aromatic rings. The van der Waals surface area contributed by atoms with Crippen molar-refractivity contribution in [3.63, 3.8) is 0 Å². The number of aromatic nitrogens is 2. The third-order valence-corrected chi connectivity index (χ3v) is 7.01. The smallest absolute Gasteiger partial charge is 0.416 e. The fraction of sp³-hybridized carbons (Fsp3) is 0.370. The zero-order valence-corrected chi connectivity index (χ0v) is 20.6. The van der Waals surface area contributed by atoms with Crippen LogP contribution in [0.15, 0.2) is 48.7 Å². The molecule has 5 rings (SSSR count). The molecule has 2 aliphatic rings. The van der Waals surface area contributed by atoms with Crippen LogP contribution < -0.4 is 19.3 Å². The van der Waals surface area contributed by atoms with Crippen molar-refractivity contribution in [3.05, 3.63) is 71.0 Å². The minimum atomic E-state index is -4.38. The molecule has 7 nitrogen and oxygen atoms in total. The van der Waals surface area contributed by atoms with Crippen LogP contribution in [0, 0.1) is 0 Å². The minimum absolute atomic E-state index is 0.00923. The van der Waals surface area contributed by atoms with Crippen LogP contribution in [0.5, 0.6) is 11.5 Å². The highest BCUT2D eigenvalue weighted by Gasteiger charge is 2.32. The third-order valence-electron chi connectivity index (χ3n) is 7.01. The molecule has 1 fully saturated rings. The SMILES string of the molecule is COc1ccc([C@H]2CC(=O)c3cnc(N4CCN(c5cccc(C(F)(F)F)c5)CC4)nc3C2)c(OC)c1. The predicted molar refractivity (Wildman–Crippen MR) is 133 cm³/mol. The molecule has 0 amide bonds. The highest BCUT2D eigenvalue weighted by atomic mass is 19.4. The number of alkyl halides is 3. The van der Waals surface area contributed by atoms with Crippen molar-refractivity contribution in [1.29, 1.82) is 0 Å². The van der Waals surface area contributed by atoms with E-state index < -0.39 is 11.7 Å². The van der Waals surface area contributed by atoms with Crippen LogP contribution in [-0.2, 0) is 12.6 Å². The molecule has 1 aromatic heterocycles. The summed E-state index contributed by atoms with van der Waals surface area (Å²) in [6, 6.07) is 11.0. The van der Waals surface area contributed by atoms with Gasteiger partial charge in [-0.2, -0.15) is 13.2 Å². The Morgan fingerprint density at radius 3 is 2.41 bits per heavy atom. The quantitative estimate of drug-likeness (QED) is 0.489. The van der Waals surface area contributed by atoms with Gasteiger partial charge in [-0.1, -0.05) is 12.1 Å². The van der Waals surface area contributed by atoms with Gasteiger partial charge in [-0.05, 0) is 36.2 Å². The molecule has 0 radical (unpaired) electrons. The van der Waals surface area contributed by atoms with Crippen molar-refractivity contribution in [2.45, 2.75) is 24.9 Å². The van der Waals surface area contributed by atoms with Gasteiger partial charge in [0.2, 0.25) is 5.95 Å². The van der Waals surface area contributed by atoms with Crippen molar-refractivity contribution in [2.24, 2.45) is 0 Å². The molecule has 0 spiro atoms. The fourth-order valence-corrected chi connectivity index (χ4v) is 5.01. The molecule has 1 atom stereocenters. The second-order valence-corrected chi connectivity index (χ2v) is 9.19. The first-order chi connectivity index (χ1) is 17.8. The first-order valence-corrected chi connectivity index (χ1v) is 12.0. The van der Waals surface area contributed by atoms with Crippen molar-refractivity contribution >= 4 is 17.4 Å². The second-order valence-electron chi connectivity index (χ2n) is 9.19. The Labute approximate surface area is 212 Å². The van der Waals surface area contributed by atoms with Gasteiger partial charge in [-0.3, -0.25) is 4.79 Å². The standard InChI is InChI=1S/C27H27F3N4O3/c1-36-20-6-7-21(25(15-20)37-2)17-12-23-22(24(35)13-17)16-31-26(32-23)34-10-8-33(9-11-34)19-5-3-4-18(14-19)27(28,29)30/h3-7,14-17H,8-13H2,1-2H3/t17-/m1/s1. The van der Waals surface area contributed by atoms with Crippen LogP contribution in [0.2, 0.25) is 0 Å². The lowest BCUT2D eigenvalue weighted by atomic mass is 9.82. The normalized spacial score (nSPS) is 18.0. The summed E-state index contributed by atoms with van der Waals surface area (Å²) in [4.78, 5) is 26.1. The number of methoxy groups -OCH3 is 2. The van der Waals surface area contributed by atoms with Crippen LogP contribution in [0.3, 0.4) is 0 Å². The molecule has 1 aliphatic carbocycles. The minimum Gasteiger partial charge on any atom is -0.497 e. The summed E-state index contributed by atoms with van der Waals surface area (Å²) in [6.07, 6.45) is -1.86. The number of carbonyl (C=O) groups is 1. The Bertz CT molecular complexity index is 1310. The number of halogens is 3. The van der Waals surface area contributed by atoms with Gasteiger partial charge in [0, 0.05) is 56.5 Å². The summed E-state index contributed by atoms with van der Waals surface area (Å²) >= 11 is 0. The van der Waals surface area contributed by atoms with E-state index in [1.54, 1.807) is 26.5 Å². The number of hydrogen-bond acceptors (Lipinski definition) is 7. The lowest BCUT2D eigenvalue weighted by Crippen LogP contribution is -2.47. The maximum Gasteiger partial charge on any atom is 0.416 e. The van der Waals surface area contributed by atoms with Crippen molar-refractivity contribution in [3.8, 4) is 11.5 Å². The number of piperazine rings is 1. The van der Waals surface area contributed by atoms with Crippen LogP contribution in [0.1, 0.15) is 39.5 Å². The number of anilines is 2. The number of ketones is 1. The van der Waals surface area contributed by atoms with Crippen LogP contribution in [-0.4, -0.2) is 56.1 Å². The van der Waals surface area contributed by atoms with Gasteiger partial charge in [0.25, 0.3) is 0 Å². The predicted octanol–water partition coefficient (Wildman–Crippen LogP) is 4.75. The van der Waals surface area contributed by atoms with Gasteiger partial charge in [0.15, 0.2) is 5.78 Å². The highest BCUT2D eigenvalue weighted by Crippen LogP contribution is 2.38. The molecular formula is C27H27F3N4O3. The number of hydrogen-bond donors (Lipinski definition) is 0. The Balaban J connectivity index is 1.32. The van der Waals surface area contributed by atoms with E-state index in [-0.39, 0.29) is 11.7 Å². The van der Waals surface area contributed by atoms with E-state index in [9.17, 15) is 18.0 Å². The average molecular weight is 513 g/mol. The number of rotatable bonds is 5. The Kier molecular flexibility index (Phi) is 6.66. The zero-order valence-electron chi connectivity index (χ0n) is 20.6. The average Bonchev–Trinajstić information content (AvgIpc) is 2.92. The van der Waals surface area contributed by atoms with Gasteiger partial charge < -0.3 is 19.3 Å². The van der Waals surface area contributed by atoms with Crippen LogP contribution in [0.4, 0.5) is 24.8 Å². The monoisotopic (exact) mass is 512 g/mol. The van der Waals surface area contributed by atoms with E-state index in [2.05, 4.69) is 4.98 Å². The molecule has 10 heteroatoms. The maximum atomic E-state index is 13.1. The van der Waals surface area contributed by atoms with E-state index in [0.29, 0.717) is 73.4 Å². The van der Waals surface area contributed by atoms with Crippen molar-refractivity contribution in [1.82, 2.24) is 9.97 Å². The first kappa shape index (κ1) is 24.9. The van der Waals surface area contributed by atoms with Gasteiger partial charge in [-0.25, -0.2) is 9.97 Å². The molecule has 1 aliphatic heterocycles. The molecule has 0 bridgehead atoms. The second kappa shape index (κ2) is 9.91. The Hall–Kier alpha value is -3.82. The summed E-state index contributed by atoms with van der Waals surface area (Å²) in [5.74, 6) is 1.78. The maximum absolute atomic E-state index is 13.1. The number of nitrogens with zero attached hydrogens (tertiary/aromatic N) is 4. The lowest BCUT2D eigenvalue weighted by molar-refractivity contribution is -0.137. The molecule has 0 N–H and O–H groups in total. The largest absolute Gasteiger partial charge is 0.497 e. The molecule has 0 saturated carbocycles. The third kappa shape index (κ3) is 5.05. The first-order valence-electron chi connectivity index (χ1n) is 12.0. The summed E-state index contributed by atoms with van der Waals surface area (Å²) in [5, 5.41) is 0. The molecule has 2 aromatic carbocycles. The van der Waals surface area contributed by atoms with E-state index in [1.165, 1.54) is 12.1 Å². The van der Waals surface area contributed by atoms with E-state index in [1.807, 2.05) is 28.0 Å². The van der Waals surface area contributed by atoms with E-state index in [0.717, 1.165) is 11.6 Å². The van der Waals surface area contributed by atoms with Gasteiger partial charge in [-0.15, -0.1) is 0 Å². The topological polar surface area (TPSA) is 67.8 Å². The molecule has 37 heavy (non-hydrogen) atoms. The summed E-state index contributed by atoms with van der Waals surface area (Å²) in [7, 11) is 3.18. The number of Topliss-reactive ketones (excluding diaryl/α,β-unsaturated/α-hetero) is 1. The van der Waals surface area contributed by atoms with Crippen LogP contribution >= 0.6 is 0 Å². The summed E-state index contributed by atoms with van der Waals surface area (Å²) in [5.41, 5.74) is 2.05.